The number of aromatic nitrogens is 1. The molecule has 1 heterocycles. The van der Waals surface area contributed by atoms with Crippen molar-refractivity contribution in [3.63, 3.8) is 0 Å². The van der Waals surface area contributed by atoms with Gasteiger partial charge in [-0.3, -0.25) is 4.79 Å². The molecule has 3 rings (SSSR count). The first kappa shape index (κ1) is 17.2. The number of thioether (sulfide) groups is 1. The molecule has 4 heteroatoms. The summed E-state index contributed by atoms with van der Waals surface area (Å²) < 4.78 is 7.33. The van der Waals surface area contributed by atoms with Crippen LogP contribution in [0.4, 0.5) is 0 Å². The molecule has 0 amide bonds. The molecule has 126 valence electrons. The highest BCUT2D eigenvalue weighted by Gasteiger charge is 2.05. The predicted octanol–water partition coefficient (Wildman–Crippen LogP) is 4.02. The topological polar surface area (TPSA) is 31.2 Å². The van der Waals surface area contributed by atoms with Crippen molar-refractivity contribution in [2.75, 3.05) is 12.4 Å². The molecular weight excluding hydrogens is 330 g/mol. The number of pyridine rings is 1. The summed E-state index contributed by atoms with van der Waals surface area (Å²) in [4.78, 5) is 13.0. The minimum Gasteiger partial charge on any atom is -0.481 e. The van der Waals surface area contributed by atoms with Crippen LogP contribution in [-0.2, 0) is 7.05 Å². The molecule has 1 aromatic heterocycles. The van der Waals surface area contributed by atoms with Gasteiger partial charge in [-0.25, -0.2) is 0 Å². The SMILES string of the molecule is Cc1ccccc1OCC#CCSc1cc(=O)n(C)c2ccccc12. The third-order valence-corrected chi connectivity index (χ3v) is 4.87. The van der Waals surface area contributed by atoms with Gasteiger partial charge in [0.25, 0.3) is 5.56 Å². The van der Waals surface area contributed by atoms with Crippen LogP contribution in [0.3, 0.4) is 0 Å². The zero-order valence-electron chi connectivity index (χ0n) is 14.3. The number of aryl methyl sites for hydroxylation is 2. The van der Waals surface area contributed by atoms with Crippen molar-refractivity contribution in [3.05, 3.63) is 70.5 Å². The summed E-state index contributed by atoms with van der Waals surface area (Å²) in [6, 6.07) is 17.5. The summed E-state index contributed by atoms with van der Waals surface area (Å²) in [5, 5.41) is 1.08. The lowest BCUT2D eigenvalue weighted by Gasteiger charge is -2.08. The second kappa shape index (κ2) is 7.96. The monoisotopic (exact) mass is 349 g/mol. The van der Waals surface area contributed by atoms with Gasteiger partial charge in [0.05, 0.1) is 11.3 Å². The number of benzene rings is 2. The first-order chi connectivity index (χ1) is 12.2. The lowest BCUT2D eigenvalue weighted by atomic mass is 10.2. The summed E-state index contributed by atoms with van der Waals surface area (Å²) in [6.07, 6.45) is 0. The van der Waals surface area contributed by atoms with Crippen molar-refractivity contribution in [3.8, 4) is 17.6 Å². The number of para-hydroxylation sites is 2. The summed E-state index contributed by atoms with van der Waals surface area (Å²) >= 11 is 1.58. The Bertz CT molecular complexity index is 1010. The molecule has 0 fully saturated rings. The minimum atomic E-state index is -0.00274. The van der Waals surface area contributed by atoms with Gasteiger partial charge in [-0.05, 0) is 24.6 Å². The highest BCUT2D eigenvalue weighted by Crippen LogP contribution is 2.25. The van der Waals surface area contributed by atoms with E-state index in [0.29, 0.717) is 12.4 Å². The van der Waals surface area contributed by atoms with Crippen LogP contribution in [0.2, 0.25) is 0 Å². The molecule has 0 unspecified atom stereocenters. The summed E-state index contributed by atoms with van der Waals surface area (Å²) in [5.41, 5.74) is 2.04. The summed E-state index contributed by atoms with van der Waals surface area (Å²) in [6.45, 7) is 2.38. The molecule has 0 aliphatic carbocycles. The molecule has 2 aromatic carbocycles. The number of ether oxygens (including phenoxy) is 1. The molecule has 0 saturated carbocycles. The Morgan fingerprint density at radius 1 is 1.08 bits per heavy atom. The van der Waals surface area contributed by atoms with Gasteiger partial charge in [-0.1, -0.05) is 48.2 Å². The second-order valence-corrected chi connectivity index (χ2v) is 6.64. The van der Waals surface area contributed by atoms with Gasteiger partial charge >= 0.3 is 0 Å². The first-order valence-corrected chi connectivity index (χ1v) is 9.01. The Kier molecular flexibility index (Phi) is 5.47. The van der Waals surface area contributed by atoms with Crippen LogP contribution < -0.4 is 10.3 Å². The van der Waals surface area contributed by atoms with Crippen LogP contribution in [0.1, 0.15) is 5.56 Å². The molecule has 25 heavy (non-hydrogen) atoms. The van der Waals surface area contributed by atoms with E-state index in [9.17, 15) is 4.79 Å². The maximum absolute atomic E-state index is 12.1. The van der Waals surface area contributed by atoms with E-state index in [2.05, 4.69) is 11.8 Å². The van der Waals surface area contributed by atoms with Crippen molar-refractivity contribution in [1.29, 1.82) is 0 Å². The zero-order chi connectivity index (χ0) is 17.6. The molecule has 3 aromatic rings. The molecular formula is C21H19NO2S. The largest absolute Gasteiger partial charge is 0.481 e. The van der Waals surface area contributed by atoms with Crippen molar-refractivity contribution in [2.45, 2.75) is 11.8 Å². The Balaban J connectivity index is 1.64. The van der Waals surface area contributed by atoms with Crippen LogP contribution in [0.25, 0.3) is 10.9 Å². The maximum atomic E-state index is 12.1. The molecule has 0 spiro atoms. The fraction of sp³-hybridized carbons (Fsp3) is 0.190. The van der Waals surface area contributed by atoms with Crippen LogP contribution in [0, 0.1) is 18.8 Å². The fourth-order valence-corrected chi connectivity index (χ4v) is 3.39. The van der Waals surface area contributed by atoms with Crippen molar-refractivity contribution >= 4 is 22.7 Å². The van der Waals surface area contributed by atoms with E-state index in [1.165, 1.54) is 0 Å². The Hall–Kier alpha value is -2.64. The van der Waals surface area contributed by atoms with Gasteiger partial charge in [0.15, 0.2) is 0 Å². The third kappa shape index (κ3) is 4.07. The second-order valence-electron chi connectivity index (χ2n) is 5.62. The number of nitrogens with zero attached hydrogens (tertiary/aromatic N) is 1. The van der Waals surface area contributed by atoms with E-state index in [1.807, 2.05) is 55.5 Å². The number of hydrogen-bond acceptors (Lipinski definition) is 3. The van der Waals surface area contributed by atoms with Gasteiger partial charge in [0.1, 0.15) is 12.4 Å². The molecule has 0 aliphatic heterocycles. The van der Waals surface area contributed by atoms with Gasteiger partial charge in [-0.2, -0.15) is 0 Å². The highest BCUT2D eigenvalue weighted by atomic mass is 32.2. The maximum Gasteiger partial charge on any atom is 0.251 e. The van der Waals surface area contributed by atoms with Gasteiger partial charge < -0.3 is 9.30 Å². The van der Waals surface area contributed by atoms with Crippen LogP contribution >= 0.6 is 11.8 Å². The lowest BCUT2D eigenvalue weighted by molar-refractivity contribution is 0.367. The van der Waals surface area contributed by atoms with E-state index in [1.54, 1.807) is 29.4 Å². The molecule has 0 atom stereocenters. The number of fused-ring (bicyclic) bond motifs is 1. The van der Waals surface area contributed by atoms with Crippen molar-refractivity contribution < 1.29 is 4.74 Å². The molecule has 0 radical (unpaired) electrons. The lowest BCUT2D eigenvalue weighted by Crippen LogP contribution is -2.16. The number of rotatable bonds is 4. The third-order valence-electron chi connectivity index (χ3n) is 3.93. The van der Waals surface area contributed by atoms with Crippen LogP contribution in [0.5, 0.6) is 5.75 Å². The smallest absolute Gasteiger partial charge is 0.251 e. The molecule has 0 N–H and O–H groups in total. The standard InChI is InChI=1S/C21H19NO2S/c1-16-9-3-6-12-19(16)24-13-7-8-14-25-20-15-21(23)22(2)18-11-5-4-10-17(18)20/h3-6,9-12,15H,13-14H2,1-2H3. The Morgan fingerprint density at radius 2 is 1.84 bits per heavy atom. The van der Waals surface area contributed by atoms with Crippen LogP contribution in [-0.4, -0.2) is 16.9 Å². The van der Waals surface area contributed by atoms with E-state index in [0.717, 1.165) is 27.1 Å². The van der Waals surface area contributed by atoms with E-state index >= 15 is 0 Å². The summed E-state index contributed by atoms with van der Waals surface area (Å²) in [7, 11) is 1.79. The van der Waals surface area contributed by atoms with Crippen molar-refractivity contribution in [1.82, 2.24) is 4.57 Å². The van der Waals surface area contributed by atoms with Crippen molar-refractivity contribution in [2.24, 2.45) is 7.05 Å². The quantitative estimate of drug-likeness (QED) is 0.526. The minimum absolute atomic E-state index is 0.00274. The van der Waals surface area contributed by atoms with Gasteiger partial charge in [0.2, 0.25) is 0 Å². The molecule has 0 aliphatic rings. The number of hydrogen-bond donors (Lipinski definition) is 0. The van der Waals surface area contributed by atoms with E-state index < -0.39 is 0 Å². The average molecular weight is 349 g/mol. The van der Waals surface area contributed by atoms with Crippen LogP contribution in [0.15, 0.2) is 64.3 Å². The van der Waals surface area contributed by atoms with E-state index in [4.69, 9.17) is 4.74 Å². The van der Waals surface area contributed by atoms with Gasteiger partial charge in [-0.15, -0.1) is 11.8 Å². The first-order valence-electron chi connectivity index (χ1n) is 8.02. The molecule has 0 saturated heterocycles. The Morgan fingerprint density at radius 3 is 2.68 bits per heavy atom. The molecule has 3 nitrogen and oxygen atoms in total. The van der Waals surface area contributed by atoms with E-state index in [-0.39, 0.29) is 5.56 Å². The summed E-state index contributed by atoms with van der Waals surface area (Å²) in [5.74, 6) is 7.61. The molecule has 0 bridgehead atoms. The predicted molar refractivity (Wildman–Crippen MR) is 104 cm³/mol. The fourth-order valence-electron chi connectivity index (χ4n) is 2.55. The average Bonchev–Trinajstić information content (AvgIpc) is 2.63. The van der Waals surface area contributed by atoms with Gasteiger partial charge in [0, 0.05) is 23.4 Å². The highest BCUT2D eigenvalue weighted by molar-refractivity contribution is 7.99. The Labute approximate surface area is 151 Å². The zero-order valence-corrected chi connectivity index (χ0v) is 15.1. The normalized spacial score (nSPS) is 10.3.